The molecule has 0 amide bonds. The molecule has 0 bridgehead atoms. The number of hydrogen-bond acceptors (Lipinski definition) is 2. The molecule has 0 radical (unpaired) electrons. The molecule has 0 saturated carbocycles. The van der Waals surface area contributed by atoms with Gasteiger partial charge in [0, 0.05) is 29.8 Å². The molecule has 0 fully saturated rings. The molecule has 1 aromatic carbocycles. The number of halogens is 2. The van der Waals surface area contributed by atoms with Crippen molar-refractivity contribution >= 4 is 23.2 Å². The van der Waals surface area contributed by atoms with Crippen LogP contribution in [0.5, 0.6) is 0 Å². The standard InChI is InChI=1S/C14H21Cl2NO/c1-10(9-18-3)6-13(17-2)8-11-7-12(15)4-5-14(11)16/h4-5,7,10,13,17H,6,8-9H2,1-3H3. The summed E-state index contributed by atoms with van der Waals surface area (Å²) in [5, 5.41) is 4.84. The number of nitrogens with one attached hydrogen (secondary N) is 1. The molecule has 2 unspecified atom stereocenters. The minimum absolute atomic E-state index is 0.381. The highest BCUT2D eigenvalue weighted by atomic mass is 35.5. The van der Waals surface area contributed by atoms with Crippen LogP contribution in [0.4, 0.5) is 0 Å². The van der Waals surface area contributed by atoms with Crippen molar-refractivity contribution in [2.75, 3.05) is 20.8 Å². The second-order valence-corrected chi connectivity index (χ2v) is 5.57. The van der Waals surface area contributed by atoms with Crippen LogP contribution in [0, 0.1) is 5.92 Å². The van der Waals surface area contributed by atoms with Gasteiger partial charge in [-0.05, 0) is 49.6 Å². The Morgan fingerprint density at radius 3 is 2.67 bits per heavy atom. The first-order chi connectivity index (χ1) is 8.56. The number of ether oxygens (including phenoxy) is 1. The molecule has 0 aliphatic heterocycles. The maximum Gasteiger partial charge on any atom is 0.0488 e. The molecule has 0 saturated heterocycles. The molecule has 2 atom stereocenters. The van der Waals surface area contributed by atoms with E-state index in [4.69, 9.17) is 27.9 Å². The smallest absolute Gasteiger partial charge is 0.0488 e. The van der Waals surface area contributed by atoms with Gasteiger partial charge in [-0.1, -0.05) is 30.1 Å². The Labute approximate surface area is 120 Å². The predicted octanol–water partition coefficient (Wildman–Crippen LogP) is 3.80. The van der Waals surface area contributed by atoms with Crippen molar-refractivity contribution in [2.24, 2.45) is 5.92 Å². The van der Waals surface area contributed by atoms with Crippen LogP contribution in [0.25, 0.3) is 0 Å². The van der Waals surface area contributed by atoms with E-state index in [1.807, 2.05) is 25.2 Å². The molecule has 102 valence electrons. The number of methoxy groups -OCH3 is 1. The van der Waals surface area contributed by atoms with E-state index < -0.39 is 0 Å². The van der Waals surface area contributed by atoms with E-state index in [0.29, 0.717) is 12.0 Å². The fourth-order valence-electron chi connectivity index (χ4n) is 2.11. The summed E-state index contributed by atoms with van der Waals surface area (Å²) in [6, 6.07) is 5.99. The Balaban J connectivity index is 2.64. The van der Waals surface area contributed by atoms with Crippen molar-refractivity contribution in [1.82, 2.24) is 5.32 Å². The molecule has 1 aromatic rings. The third-order valence-corrected chi connectivity index (χ3v) is 3.62. The van der Waals surface area contributed by atoms with Gasteiger partial charge in [-0.25, -0.2) is 0 Å². The Hall–Kier alpha value is -0.280. The van der Waals surface area contributed by atoms with E-state index in [1.165, 1.54) is 0 Å². The van der Waals surface area contributed by atoms with Crippen LogP contribution in [0.2, 0.25) is 10.0 Å². The topological polar surface area (TPSA) is 21.3 Å². The fourth-order valence-corrected chi connectivity index (χ4v) is 2.50. The molecule has 18 heavy (non-hydrogen) atoms. The zero-order chi connectivity index (χ0) is 13.5. The lowest BCUT2D eigenvalue weighted by Gasteiger charge is -2.21. The van der Waals surface area contributed by atoms with Crippen LogP contribution < -0.4 is 5.32 Å². The van der Waals surface area contributed by atoms with Gasteiger partial charge in [-0.2, -0.15) is 0 Å². The zero-order valence-corrected chi connectivity index (χ0v) is 12.7. The molecule has 0 aromatic heterocycles. The molecular weight excluding hydrogens is 269 g/mol. The first kappa shape index (κ1) is 15.8. The predicted molar refractivity (Wildman–Crippen MR) is 78.7 cm³/mol. The SMILES string of the molecule is CNC(Cc1cc(Cl)ccc1Cl)CC(C)COC. The maximum absolute atomic E-state index is 6.18. The lowest BCUT2D eigenvalue weighted by atomic mass is 9.96. The first-order valence-electron chi connectivity index (χ1n) is 6.17. The van der Waals surface area contributed by atoms with Gasteiger partial charge < -0.3 is 10.1 Å². The van der Waals surface area contributed by atoms with Crippen molar-refractivity contribution in [1.29, 1.82) is 0 Å². The average Bonchev–Trinajstić information content (AvgIpc) is 2.33. The van der Waals surface area contributed by atoms with Crippen LogP contribution in [0.1, 0.15) is 18.9 Å². The van der Waals surface area contributed by atoms with Gasteiger partial charge in [-0.3, -0.25) is 0 Å². The van der Waals surface area contributed by atoms with E-state index in [2.05, 4.69) is 12.2 Å². The number of benzene rings is 1. The molecule has 0 aliphatic rings. The molecule has 0 spiro atoms. The van der Waals surface area contributed by atoms with E-state index >= 15 is 0 Å². The summed E-state index contributed by atoms with van der Waals surface area (Å²) in [6.07, 6.45) is 1.93. The van der Waals surface area contributed by atoms with Gasteiger partial charge in [0.25, 0.3) is 0 Å². The summed E-state index contributed by atoms with van der Waals surface area (Å²) in [4.78, 5) is 0. The second-order valence-electron chi connectivity index (χ2n) is 4.72. The van der Waals surface area contributed by atoms with E-state index in [0.717, 1.165) is 35.1 Å². The molecular formula is C14H21Cl2NO. The Morgan fingerprint density at radius 2 is 2.06 bits per heavy atom. The molecule has 2 nitrogen and oxygen atoms in total. The van der Waals surface area contributed by atoms with Crippen molar-refractivity contribution in [2.45, 2.75) is 25.8 Å². The van der Waals surface area contributed by atoms with Gasteiger partial charge in [-0.15, -0.1) is 0 Å². The number of likely N-dealkylation sites (N-methyl/N-ethyl adjacent to an activating group) is 1. The largest absolute Gasteiger partial charge is 0.384 e. The highest BCUT2D eigenvalue weighted by Gasteiger charge is 2.14. The summed E-state index contributed by atoms with van der Waals surface area (Å²) in [5.41, 5.74) is 1.09. The lowest BCUT2D eigenvalue weighted by molar-refractivity contribution is 0.150. The van der Waals surface area contributed by atoms with Gasteiger partial charge >= 0.3 is 0 Å². The molecule has 0 heterocycles. The minimum atomic E-state index is 0.381. The molecule has 1 N–H and O–H groups in total. The van der Waals surface area contributed by atoms with Gasteiger partial charge in [0.2, 0.25) is 0 Å². The monoisotopic (exact) mass is 289 g/mol. The highest BCUT2D eigenvalue weighted by Crippen LogP contribution is 2.23. The van der Waals surface area contributed by atoms with Crippen molar-refractivity contribution in [3.8, 4) is 0 Å². The van der Waals surface area contributed by atoms with Gasteiger partial charge in [0.05, 0.1) is 0 Å². The third-order valence-electron chi connectivity index (χ3n) is 3.02. The van der Waals surface area contributed by atoms with Crippen molar-refractivity contribution in [3.05, 3.63) is 33.8 Å². The van der Waals surface area contributed by atoms with Crippen LogP contribution in [-0.4, -0.2) is 26.8 Å². The minimum Gasteiger partial charge on any atom is -0.384 e. The summed E-state index contributed by atoms with van der Waals surface area (Å²) in [5.74, 6) is 0.519. The van der Waals surface area contributed by atoms with Crippen molar-refractivity contribution < 1.29 is 4.74 Å². The van der Waals surface area contributed by atoms with Gasteiger partial charge in [0.15, 0.2) is 0 Å². The van der Waals surface area contributed by atoms with Crippen LogP contribution >= 0.6 is 23.2 Å². The Bertz CT molecular complexity index is 371. The Kier molecular flexibility index (Phi) is 7.02. The van der Waals surface area contributed by atoms with Crippen molar-refractivity contribution in [3.63, 3.8) is 0 Å². The fraction of sp³-hybridized carbons (Fsp3) is 0.571. The number of rotatable bonds is 7. The summed E-state index contributed by atoms with van der Waals surface area (Å²) < 4.78 is 5.17. The Morgan fingerprint density at radius 1 is 1.33 bits per heavy atom. The summed E-state index contributed by atoms with van der Waals surface area (Å²) in [6.45, 7) is 2.97. The second kappa shape index (κ2) is 8.00. The molecule has 0 aliphatic carbocycles. The van der Waals surface area contributed by atoms with E-state index in [-0.39, 0.29) is 0 Å². The van der Waals surface area contributed by atoms with E-state index in [1.54, 1.807) is 7.11 Å². The number of hydrogen-bond donors (Lipinski definition) is 1. The molecule has 4 heteroatoms. The highest BCUT2D eigenvalue weighted by molar-refractivity contribution is 6.33. The third kappa shape index (κ3) is 5.15. The first-order valence-corrected chi connectivity index (χ1v) is 6.92. The lowest BCUT2D eigenvalue weighted by Crippen LogP contribution is -2.30. The quantitative estimate of drug-likeness (QED) is 0.824. The molecule has 1 rings (SSSR count). The van der Waals surface area contributed by atoms with Gasteiger partial charge in [0.1, 0.15) is 0 Å². The normalized spacial score (nSPS) is 14.5. The van der Waals surface area contributed by atoms with Crippen LogP contribution in [0.3, 0.4) is 0 Å². The zero-order valence-electron chi connectivity index (χ0n) is 11.2. The maximum atomic E-state index is 6.18. The average molecular weight is 290 g/mol. The van der Waals surface area contributed by atoms with Crippen LogP contribution in [0.15, 0.2) is 18.2 Å². The van der Waals surface area contributed by atoms with E-state index in [9.17, 15) is 0 Å². The van der Waals surface area contributed by atoms with Crippen LogP contribution in [-0.2, 0) is 11.2 Å². The summed E-state index contributed by atoms with van der Waals surface area (Å²) in [7, 11) is 3.71. The summed E-state index contributed by atoms with van der Waals surface area (Å²) >= 11 is 12.2.